The van der Waals surface area contributed by atoms with Crippen LogP contribution in [0.1, 0.15) is 12.0 Å². The number of hydrogen-bond donors (Lipinski definition) is 3. The predicted octanol–water partition coefficient (Wildman–Crippen LogP) is 2.91. The van der Waals surface area contributed by atoms with Gasteiger partial charge in [-0.05, 0) is 48.0 Å². The highest BCUT2D eigenvalue weighted by atomic mass is 32.2. The van der Waals surface area contributed by atoms with E-state index in [1.54, 1.807) is 4.72 Å². The van der Waals surface area contributed by atoms with Crippen molar-refractivity contribution in [3.05, 3.63) is 94.3 Å². The lowest BCUT2D eigenvalue weighted by Gasteiger charge is -2.22. The normalized spacial score (nSPS) is 11.6. The summed E-state index contributed by atoms with van der Waals surface area (Å²) in [6, 6.07) is 12.3. The Balaban J connectivity index is 1.81. The molecule has 3 aromatic carbocycles. The van der Waals surface area contributed by atoms with E-state index in [2.05, 4.69) is 5.32 Å². The lowest BCUT2D eigenvalue weighted by Crippen LogP contribution is -2.34. The van der Waals surface area contributed by atoms with Crippen molar-refractivity contribution in [3.8, 4) is 0 Å². The summed E-state index contributed by atoms with van der Waals surface area (Å²) in [6.07, 6.45) is -0.534. The number of nitrogens with zero attached hydrogens (tertiary/aromatic N) is 2. The van der Waals surface area contributed by atoms with Gasteiger partial charge in [0.1, 0.15) is 5.82 Å². The van der Waals surface area contributed by atoms with Crippen molar-refractivity contribution in [1.82, 2.24) is 9.03 Å². The highest BCUT2D eigenvalue weighted by Gasteiger charge is 2.26. The van der Waals surface area contributed by atoms with Gasteiger partial charge in [0, 0.05) is 30.9 Å². The molecule has 3 rings (SSSR count). The van der Waals surface area contributed by atoms with Gasteiger partial charge >= 0.3 is 12.0 Å². The van der Waals surface area contributed by atoms with Crippen LogP contribution >= 0.6 is 0 Å². The maximum absolute atomic E-state index is 13.4. The van der Waals surface area contributed by atoms with Gasteiger partial charge in [0.15, 0.2) is 0 Å². The highest BCUT2D eigenvalue weighted by Crippen LogP contribution is 2.23. The van der Waals surface area contributed by atoms with Crippen LogP contribution in [-0.2, 0) is 31.4 Å². The molecule has 0 heterocycles. The second kappa shape index (κ2) is 12.0. The van der Waals surface area contributed by atoms with Crippen molar-refractivity contribution < 1.29 is 40.8 Å². The van der Waals surface area contributed by atoms with Gasteiger partial charge in [-0.2, -0.15) is 4.31 Å². The zero-order valence-corrected chi connectivity index (χ0v) is 21.5. The van der Waals surface area contributed by atoms with Crippen molar-refractivity contribution in [1.29, 1.82) is 0 Å². The lowest BCUT2D eigenvalue weighted by molar-refractivity contribution is -0.384. The van der Waals surface area contributed by atoms with E-state index >= 15 is 0 Å². The largest absolute Gasteiger partial charge is 0.481 e. The van der Waals surface area contributed by atoms with E-state index in [1.807, 2.05) is 0 Å². The first-order chi connectivity index (χ1) is 18.3. The average molecular weight is 581 g/mol. The Bertz CT molecular complexity index is 1600. The minimum Gasteiger partial charge on any atom is -0.481 e. The SMILES string of the molecule is O=C(O)CCN(Cc1ccc([N+](=O)[O-])cc1)S(=O)(=O)c1cccc(NC(=O)NS(=O)(=O)c2ccc(F)cc2)c1. The Hall–Kier alpha value is -4.41. The van der Waals surface area contributed by atoms with Gasteiger partial charge in [0.25, 0.3) is 15.7 Å². The minimum absolute atomic E-state index is 0.101. The first-order valence-electron chi connectivity index (χ1n) is 10.9. The number of carbonyl (C=O) groups is 2. The first-order valence-corrected chi connectivity index (χ1v) is 13.8. The number of aliphatic carboxylic acids is 1. The molecule has 0 spiro atoms. The summed E-state index contributed by atoms with van der Waals surface area (Å²) in [4.78, 5) is 33.0. The number of amides is 2. The predicted molar refractivity (Wildman–Crippen MR) is 135 cm³/mol. The zero-order chi connectivity index (χ0) is 28.8. The fourth-order valence-corrected chi connectivity index (χ4v) is 5.65. The Morgan fingerprint density at radius 3 is 2.18 bits per heavy atom. The number of hydrogen-bond acceptors (Lipinski definition) is 8. The molecule has 206 valence electrons. The number of nitro groups is 1. The van der Waals surface area contributed by atoms with Gasteiger partial charge in [0.05, 0.1) is 21.1 Å². The number of benzene rings is 3. The first kappa shape index (κ1) is 29.2. The molecule has 13 nitrogen and oxygen atoms in total. The van der Waals surface area contributed by atoms with Crippen LogP contribution in [0.5, 0.6) is 0 Å². The van der Waals surface area contributed by atoms with Gasteiger partial charge in [-0.15, -0.1) is 0 Å². The molecule has 0 aliphatic rings. The molecule has 16 heteroatoms. The van der Waals surface area contributed by atoms with E-state index in [4.69, 9.17) is 5.11 Å². The molecule has 0 saturated carbocycles. The molecule has 0 aliphatic carbocycles. The number of nitrogens with one attached hydrogen (secondary N) is 2. The number of carboxylic acid groups (broad SMARTS) is 1. The van der Waals surface area contributed by atoms with Gasteiger partial charge in [-0.25, -0.2) is 30.7 Å². The van der Waals surface area contributed by atoms with E-state index in [1.165, 1.54) is 42.5 Å². The number of sulfonamides is 2. The maximum Gasteiger partial charge on any atom is 0.333 e. The molecular formula is C23H21FN4O9S2. The lowest BCUT2D eigenvalue weighted by atomic mass is 10.2. The van der Waals surface area contributed by atoms with E-state index in [0.29, 0.717) is 5.56 Å². The molecule has 3 N–H and O–H groups in total. The van der Waals surface area contributed by atoms with Crippen molar-refractivity contribution >= 4 is 43.4 Å². The number of anilines is 1. The maximum atomic E-state index is 13.4. The molecule has 0 aromatic heterocycles. The molecule has 0 aliphatic heterocycles. The van der Waals surface area contributed by atoms with E-state index in [9.17, 15) is 40.9 Å². The van der Waals surface area contributed by atoms with Gasteiger partial charge < -0.3 is 10.4 Å². The molecule has 0 unspecified atom stereocenters. The molecule has 39 heavy (non-hydrogen) atoms. The summed E-state index contributed by atoms with van der Waals surface area (Å²) in [7, 11) is -8.71. The quantitative estimate of drug-likeness (QED) is 0.226. The number of rotatable bonds is 11. The third-order valence-electron chi connectivity index (χ3n) is 5.16. The Labute approximate surface area is 222 Å². The van der Waals surface area contributed by atoms with Crippen LogP contribution in [0.3, 0.4) is 0 Å². The molecule has 0 radical (unpaired) electrons. The summed E-state index contributed by atoms with van der Waals surface area (Å²) in [6.45, 7) is -0.732. The van der Waals surface area contributed by atoms with E-state index < -0.39 is 55.8 Å². The smallest absolute Gasteiger partial charge is 0.333 e. The van der Waals surface area contributed by atoms with E-state index in [-0.39, 0.29) is 27.7 Å². The molecular weight excluding hydrogens is 559 g/mol. The molecule has 0 bridgehead atoms. The van der Waals surface area contributed by atoms with E-state index in [0.717, 1.165) is 34.6 Å². The van der Waals surface area contributed by atoms with Crippen molar-refractivity contribution in [2.45, 2.75) is 22.8 Å². The number of carboxylic acids is 1. The fraction of sp³-hybridized carbons (Fsp3) is 0.130. The van der Waals surface area contributed by atoms with Crippen LogP contribution in [0.4, 0.5) is 20.6 Å². The number of nitro benzene ring substituents is 1. The Morgan fingerprint density at radius 2 is 1.59 bits per heavy atom. The van der Waals surface area contributed by atoms with Crippen LogP contribution in [0, 0.1) is 15.9 Å². The van der Waals surface area contributed by atoms with Crippen molar-refractivity contribution in [3.63, 3.8) is 0 Å². The Morgan fingerprint density at radius 1 is 0.949 bits per heavy atom. The van der Waals surface area contributed by atoms with Gasteiger partial charge in [-0.3, -0.25) is 14.9 Å². The summed E-state index contributed by atoms with van der Waals surface area (Å²) < 4.78 is 67.1. The summed E-state index contributed by atoms with van der Waals surface area (Å²) in [5.74, 6) is -1.93. The highest BCUT2D eigenvalue weighted by molar-refractivity contribution is 7.90. The van der Waals surface area contributed by atoms with Crippen LogP contribution in [0.2, 0.25) is 0 Å². The topological polar surface area (TPSA) is 193 Å². The van der Waals surface area contributed by atoms with Crippen molar-refractivity contribution in [2.75, 3.05) is 11.9 Å². The van der Waals surface area contributed by atoms with Crippen molar-refractivity contribution in [2.24, 2.45) is 0 Å². The molecule has 2 amide bonds. The standard InChI is InChI=1S/C23H21FN4O9S2/c24-17-6-10-20(11-7-17)38(34,35)26-23(31)25-18-2-1-3-21(14-18)39(36,37)27(13-12-22(29)30)15-16-4-8-19(9-5-16)28(32)33/h1-11,14H,12-13,15H2,(H,29,30)(H2,25,26,31). The molecule has 0 fully saturated rings. The van der Waals surface area contributed by atoms with Gasteiger partial charge in [0.2, 0.25) is 10.0 Å². The zero-order valence-electron chi connectivity index (χ0n) is 19.9. The summed E-state index contributed by atoms with van der Waals surface area (Å²) in [5.41, 5.74) is 0.0443. The monoisotopic (exact) mass is 580 g/mol. The van der Waals surface area contributed by atoms with Crippen LogP contribution in [0.25, 0.3) is 0 Å². The molecule has 3 aromatic rings. The number of carbonyl (C=O) groups excluding carboxylic acids is 1. The summed E-state index contributed by atoms with van der Waals surface area (Å²) >= 11 is 0. The second-order valence-electron chi connectivity index (χ2n) is 7.95. The van der Waals surface area contributed by atoms with Gasteiger partial charge in [-0.1, -0.05) is 18.2 Å². The number of halogens is 1. The second-order valence-corrected chi connectivity index (χ2v) is 11.6. The third-order valence-corrected chi connectivity index (χ3v) is 8.35. The van der Waals surface area contributed by atoms with Crippen LogP contribution in [-0.4, -0.2) is 49.7 Å². The van der Waals surface area contributed by atoms with Crippen LogP contribution in [0.15, 0.2) is 82.6 Å². The molecule has 0 saturated heterocycles. The Kier molecular flexibility index (Phi) is 8.95. The summed E-state index contributed by atoms with van der Waals surface area (Å²) in [5, 5.41) is 22.2. The number of urea groups is 1. The number of non-ortho nitro benzene ring substituents is 1. The average Bonchev–Trinajstić information content (AvgIpc) is 2.86. The van der Waals surface area contributed by atoms with Crippen LogP contribution < -0.4 is 10.0 Å². The third kappa shape index (κ3) is 7.79. The minimum atomic E-state index is -4.36. The molecule has 0 atom stereocenters. The fourth-order valence-electron chi connectivity index (χ4n) is 3.27.